The summed E-state index contributed by atoms with van der Waals surface area (Å²) < 4.78 is 26.5. The minimum Gasteiger partial charge on any atom is -0.344 e. The van der Waals surface area contributed by atoms with Gasteiger partial charge in [0.05, 0.1) is 0 Å². The van der Waals surface area contributed by atoms with Crippen LogP contribution in [0.2, 0.25) is 0 Å². The van der Waals surface area contributed by atoms with Crippen molar-refractivity contribution >= 4 is 0 Å². The van der Waals surface area contributed by atoms with Crippen LogP contribution < -0.4 is 0 Å². The van der Waals surface area contributed by atoms with Crippen molar-refractivity contribution in [1.82, 2.24) is 0 Å². The van der Waals surface area contributed by atoms with Crippen LogP contribution in [0.5, 0.6) is 0 Å². The largest absolute Gasteiger partial charge is 0.344 e. The van der Waals surface area contributed by atoms with E-state index in [0.717, 1.165) is 0 Å². The van der Waals surface area contributed by atoms with Crippen LogP contribution in [-0.2, 0) is 23.7 Å². The van der Waals surface area contributed by atoms with Gasteiger partial charge in [-0.3, -0.25) is 0 Å². The summed E-state index contributed by atoms with van der Waals surface area (Å²) in [6.45, 7) is 1.89. The molecule has 1 aliphatic rings. The van der Waals surface area contributed by atoms with Gasteiger partial charge in [0.2, 0.25) is 0 Å². The van der Waals surface area contributed by atoms with Gasteiger partial charge in [0.1, 0.15) is 6.10 Å². The molecule has 0 unspecified atom stereocenters. The number of methoxy groups -OCH3 is 4. The monoisotopic (exact) mass is 218 g/mol. The molecule has 1 aliphatic heterocycles. The Bertz CT molecular complexity index is 230. The van der Waals surface area contributed by atoms with E-state index in [4.69, 9.17) is 23.7 Å². The molecule has 1 fully saturated rings. The second-order valence-electron chi connectivity index (χ2n) is 3.10. The van der Waals surface area contributed by atoms with E-state index in [9.17, 15) is 0 Å². The summed E-state index contributed by atoms with van der Waals surface area (Å²) in [7, 11) is 6.00. The fraction of sp³-hybridized carbons (Fsp3) is 0.800. The van der Waals surface area contributed by atoms with E-state index < -0.39 is 11.8 Å². The van der Waals surface area contributed by atoms with E-state index in [-0.39, 0.29) is 6.10 Å². The molecule has 0 aliphatic carbocycles. The van der Waals surface area contributed by atoms with Crippen LogP contribution in [0.25, 0.3) is 0 Å². The molecule has 0 spiro atoms. The van der Waals surface area contributed by atoms with Gasteiger partial charge in [-0.25, -0.2) is 0 Å². The van der Waals surface area contributed by atoms with Crippen LogP contribution in [0.15, 0.2) is 12.2 Å². The van der Waals surface area contributed by atoms with Gasteiger partial charge in [-0.2, -0.15) is 0 Å². The minimum atomic E-state index is -1.30. The van der Waals surface area contributed by atoms with Gasteiger partial charge in [-0.05, 0) is 6.92 Å². The van der Waals surface area contributed by atoms with Crippen molar-refractivity contribution < 1.29 is 23.7 Å². The standard InChI is InChI=1S/C10H18O5/c1-6-7-8-9(11-2,12-3)10(13-4,14-5)15-8/h6-8H,1-5H3/b7-6-/t8-/m1/s1. The molecule has 1 rings (SSSR count). The van der Waals surface area contributed by atoms with Crippen molar-refractivity contribution in [2.24, 2.45) is 0 Å². The Labute approximate surface area is 89.9 Å². The molecule has 0 radical (unpaired) electrons. The van der Waals surface area contributed by atoms with Crippen LogP contribution >= 0.6 is 0 Å². The molecule has 0 aromatic heterocycles. The summed E-state index contributed by atoms with van der Waals surface area (Å²) in [5, 5.41) is 0. The van der Waals surface area contributed by atoms with Crippen LogP contribution in [0.4, 0.5) is 0 Å². The molecule has 5 heteroatoms. The topological polar surface area (TPSA) is 46.2 Å². The zero-order valence-corrected chi connectivity index (χ0v) is 9.77. The molecule has 88 valence electrons. The number of rotatable bonds is 5. The quantitative estimate of drug-likeness (QED) is 0.506. The average Bonchev–Trinajstić information content (AvgIpc) is 2.26. The molecular formula is C10H18O5. The summed E-state index contributed by atoms with van der Waals surface area (Å²) >= 11 is 0. The fourth-order valence-electron chi connectivity index (χ4n) is 1.81. The summed E-state index contributed by atoms with van der Waals surface area (Å²) in [6, 6.07) is 0. The van der Waals surface area contributed by atoms with Crippen molar-refractivity contribution in [3.8, 4) is 0 Å². The number of allylic oxidation sites excluding steroid dienone is 1. The van der Waals surface area contributed by atoms with Crippen molar-refractivity contribution in [3.05, 3.63) is 12.2 Å². The average molecular weight is 218 g/mol. The highest BCUT2D eigenvalue weighted by Crippen LogP contribution is 2.47. The fourth-order valence-corrected chi connectivity index (χ4v) is 1.81. The predicted molar refractivity (Wildman–Crippen MR) is 53.2 cm³/mol. The third kappa shape index (κ3) is 1.51. The van der Waals surface area contributed by atoms with E-state index in [1.807, 2.05) is 19.1 Å². The van der Waals surface area contributed by atoms with Crippen LogP contribution in [-0.4, -0.2) is 46.3 Å². The maximum Gasteiger partial charge on any atom is 0.344 e. The Morgan fingerprint density at radius 2 is 1.53 bits per heavy atom. The molecule has 0 saturated carbocycles. The van der Waals surface area contributed by atoms with Gasteiger partial charge in [-0.15, -0.1) is 0 Å². The molecule has 0 amide bonds. The van der Waals surface area contributed by atoms with Gasteiger partial charge in [0.25, 0.3) is 5.79 Å². The highest BCUT2D eigenvalue weighted by atomic mass is 16.9. The van der Waals surface area contributed by atoms with Gasteiger partial charge >= 0.3 is 5.97 Å². The SMILES string of the molecule is C/C=C\[C@H]1OC(OC)(OC)C1(OC)OC. The first-order valence-corrected chi connectivity index (χ1v) is 4.67. The first-order valence-electron chi connectivity index (χ1n) is 4.67. The summed E-state index contributed by atoms with van der Waals surface area (Å²) in [5.74, 6) is -2.37. The van der Waals surface area contributed by atoms with Gasteiger partial charge < -0.3 is 23.7 Å². The second kappa shape index (κ2) is 4.59. The number of hydrogen-bond donors (Lipinski definition) is 0. The molecule has 1 saturated heterocycles. The number of hydrogen-bond acceptors (Lipinski definition) is 5. The van der Waals surface area contributed by atoms with Crippen molar-refractivity contribution in [2.75, 3.05) is 28.4 Å². The minimum absolute atomic E-state index is 0.350. The van der Waals surface area contributed by atoms with Crippen LogP contribution in [0.3, 0.4) is 0 Å². The molecule has 0 aromatic rings. The maximum atomic E-state index is 5.48. The van der Waals surface area contributed by atoms with Crippen LogP contribution in [0.1, 0.15) is 6.92 Å². The summed E-state index contributed by atoms with van der Waals surface area (Å²) in [6.07, 6.45) is 3.33. The lowest BCUT2D eigenvalue weighted by Crippen LogP contribution is -2.77. The number of ether oxygens (including phenoxy) is 5. The molecule has 0 aromatic carbocycles. The van der Waals surface area contributed by atoms with Crippen molar-refractivity contribution in [1.29, 1.82) is 0 Å². The van der Waals surface area contributed by atoms with E-state index in [0.29, 0.717) is 0 Å². The van der Waals surface area contributed by atoms with Gasteiger partial charge in [-0.1, -0.05) is 12.2 Å². The molecule has 0 bridgehead atoms. The zero-order chi connectivity index (χ0) is 11.5. The second-order valence-corrected chi connectivity index (χ2v) is 3.10. The first-order chi connectivity index (χ1) is 7.16. The first kappa shape index (κ1) is 12.6. The Balaban J connectivity index is 2.97. The maximum absolute atomic E-state index is 5.48. The molecule has 5 nitrogen and oxygen atoms in total. The van der Waals surface area contributed by atoms with Gasteiger partial charge in [0.15, 0.2) is 0 Å². The molecular weight excluding hydrogens is 200 g/mol. The Morgan fingerprint density at radius 3 is 1.87 bits per heavy atom. The summed E-state index contributed by atoms with van der Waals surface area (Å²) in [5.41, 5.74) is 0. The van der Waals surface area contributed by atoms with Crippen molar-refractivity contribution in [3.63, 3.8) is 0 Å². The zero-order valence-electron chi connectivity index (χ0n) is 9.77. The predicted octanol–water partition coefficient (Wildman–Crippen LogP) is 0.897. The highest BCUT2D eigenvalue weighted by Gasteiger charge is 2.72. The Hall–Kier alpha value is -0.460. The van der Waals surface area contributed by atoms with Crippen LogP contribution in [0, 0.1) is 0 Å². The van der Waals surface area contributed by atoms with E-state index in [2.05, 4.69) is 0 Å². The molecule has 1 heterocycles. The lowest BCUT2D eigenvalue weighted by molar-refractivity contribution is -0.574. The van der Waals surface area contributed by atoms with E-state index in [1.165, 1.54) is 28.4 Å². The van der Waals surface area contributed by atoms with E-state index >= 15 is 0 Å². The molecule has 15 heavy (non-hydrogen) atoms. The summed E-state index contributed by atoms with van der Waals surface area (Å²) in [4.78, 5) is 0. The lowest BCUT2D eigenvalue weighted by atomic mass is 9.99. The van der Waals surface area contributed by atoms with E-state index in [1.54, 1.807) is 0 Å². The lowest BCUT2D eigenvalue weighted by Gasteiger charge is -2.56. The van der Waals surface area contributed by atoms with Crippen molar-refractivity contribution in [2.45, 2.75) is 24.8 Å². The van der Waals surface area contributed by atoms with Gasteiger partial charge in [0, 0.05) is 28.4 Å². The Morgan fingerprint density at radius 1 is 1.00 bits per heavy atom. The third-order valence-corrected chi connectivity index (χ3v) is 2.59. The molecule has 0 N–H and O–H groups in total. The highest BCUT2D eigenvalue weighted by molar-refractivity contribution is 5.09. The Kier molecular flexibility index (Phi) is 3.86. The molecule has 1 atom stereocenters. The third-order valence-electron chi connectivity index (χ3n) is 2.59. The normalized spacial score (nSPS) is 27.9. The smallest absolute Gasteiger partial charge is 0.344 e.